The minimum atomic E-state index is -1.34. The van der Waals surface area contributed by atoms with Gasteiger partial charge >= 0.3 is 26.2 Å². The Balaban J connectivity index is 0.000000729. The summed E-state index contributed by atoms with van der Waals surface area (Å²) in [6.07, 6.45) is 0. The quantitative estimate of drug-likeness (QED) is 0.131. The van der Waals surface area contributed by atoms with Gasteiger partial charge in [0.15, 0.2) is 0 Å². The average Bonchev–Trinajstić information content (AvgIpc) is 3.09. The summed E-state index contributed by atoms with van der Waals surface area (Å²) in [6, 6.07) is 10.9. The molecule has 0 fully saturated rings. The number of ether oxygens (including phenoxy) is 4. The topological polar surface area (TPSA) is 197 Å². The first-order chi connectivity index (χ1) is 26.0. The van der Waals surface area contributed by atoms with Crippen LogP contribution in [0.3, 0.4) is 0 Å². The van der Waals surface area contributed by atoms with Crippen molar-refractivity contribution in [1.29, 1.82) is 0 Å². The van der Waals surface area contributed by atoms with Crippen molar-refractivity contribution >= 4 is 163 Å². The molecule has 0 N–H and O–H groups in total. The summed E-state index contributed by atoms with van der Waals surface area (Å²) < 4.78 is 19.2. The molecule has 0 aliphatic heterocycles. The van der Waals surface area contributed by atoms with Gasteiger partial charge in [0.1, 0.15) is 49.4 Å². The van der Waals surface area contributed by atoms with Crippen LogP contribution in [0.25, 0.3) is 0 Å². The second kappa shape index (κ2) is 28.0. The van der Waals surface area contributed by atoms with Gasteiger partial charge in [0.25, 0.3) is 0 Å². The van der Waals surface area contributed by atoms with Gasteiger partial charge in [0.2, 0.25) is 0 Å². The summed E-state index contributed by atoms with van der Waals surface area (Å²) in [6.45, 7) is -2.34. The monoisotopic (exact) mass is 1100 g/mol. The minimum Gasteiger partial charge on any atom is -0.546 e. The van der Waals surface area contributed by atoms with Gasteiger partial charge in [-0.2, -0.15) is 0 Å². The molecule has 0 aromatic heterocycles. The largest absolute Gasteiger partial charge is 4.00 e. The smallest absolute Gasteiger partial charge is 0.546 e. The van der Waals surface area contributed by atoms with Gasteiger partial charge in [0, 0.05) is 24.3 Å². The van der Waals surface area contributed by atoms with Crippen molar-refractivity contribution in [1.82, 2.24) is 0 Å². The van der Waals surface area contributed by atoms with Crippen LogP contribution in [-0.2, 0) is 45.4 Å². The van der Waals surface area contributed by atoms with Crippen LogP contribution in [-0.4, -0.2) is 50.3 Å². The van der Waals surface area contributed by atoms with E-state index < -0.39 is 50.3 Å². The standard InChI is InChI=1S/4C8H5Cl3O3.Zr/c4*9-4-1-6(11)7(2-5(4)10)14-3-8(12)13;/h4*1-2H,3H2,(H,12,13);/q;;;;+4/p-4. The van der Waals surface area contributed by atoms with Crippen molar-refractivity contribution < 1.29 is 84.8 Å². The molecule has 12 nitrogen and oxygen atoms in total. The van der Waals surface area contributed by atoms with Gasteiger partial charge in [-0.15, -0.1) is 0 Å². The van der Waals surface area contributed by atoms with Crippen molar-refractivity contribution in [2.45, 2.75) is 0 Å². The van der Waals surface area contributed by atoms with Gasteiger partial charge in [0.05, 0.1) is 84.1 Å². The number of rotatable bonds is 12. The summed E-state index contributed by atoms with van der Waals surface area (Å²) in [7, 11) is 0. The van der Waals surface area contributed by atoms with Crippen LogP contribution in [0.15, 0.2) is 48.5 Å². The minimum absolute atomic E-state index is 0. The molecular weight excluding hydrogens is 1090 g/mol. The maximum Gasteiger partial charge on any atom is 4.00 e. The molecule has 4 rings (SSSR count). The van der Waals surface area contributed by atoms with Crippen molar-refractivity contribution in [3.63, 3.8) is 0 Å². The Morgan fingerprint density at radius 2 is 0.456 bits per heavy atom. The van der Waals surface area contributed by atoms with Crippen LogP contribution >= 0.6 is 139 Å². The van der Waals surface area contributed by atoms with Gasteiger partial charge in [-0.1, -0.05) is 139 Å². The van der Waals surface area contributed by atoms with E-state index in [0.717, 1.165) is 0 Å². The average molecular weight is 1110 g/mol. The predicted octanol–water partition coefficient (Wildman–Crippen LogP) is 7.10. The van der Waals surface area contributed by atoms with Crippen LogP contribution < -0.4 is 39.4 Å². The summed E-state index contributed by atoms with van der Waals surface area (Å²) in [5.74, 6) is -4.73. The van der Waals surface area contributed by atoms with Crippen LogP contribution in [0.5, 0.6) is 23.0 Å². The summed E-state index contributed by atoms with van der Waals surface area (Å²) in [4.78, 5) is 40.4. The molecular formula is C32H16Cl12O12Zr. The van der Waals surface area contributed by atoms with Crippen LogP contribution in [0.4, 0.5) is 0 Å². The van der Waals surface area contributed by atoms with Crippen molar-refractivity contribution in [2.75, 3.05) is 26.4 Å². The number of carboxylic acids is 4. The number of halogens is 12. The van der Waals surface area contributed by atoms with Gasteiger partial charge < -0.3 is 58.6 Å². The fourth-order valence-corrected chi connectivity index (χ4v) is 5.37. The number of carbonyl (C=O) groups is 4. The van der Waals surface area contributed by atoms with E-state index in [1.165, 1.54) is 48.5 Å². The molecule has 0 amide bonds. The third kappa shape index (κ3) is 21.9. The van der Waals surface area contributed by atoms with Gasteiger partial charge in [-0.25, -0.2) is 0 Å². The fourth-order valence-electron chi connectivity index (χ4n) is 3.01. The van der Waals surface area contributed by atoms with Crippen LogP contribution in [0, 0.1) is 0 Å². The summed E-state index contributed by atoms with van der Waals surface area (Å²) in [5, 5.41) is 43.2. The molecule has 0 atom stereocenters. The molecule has 0 aliphatic carbocycles. The van der Waals surface area contributed by atoms with Crippen LogP contribution in [0.2, 0.25) is 60.3 Å². The van der Waals surface area contributed by atoms with Gasteiger partial charge in [-0.05, 0) is 24.3 Å². The molecule has 0 aliphatic rings. The fraction of sp³-hybridized carbons (Fsp3) is 0.125. The Kier molecular flexibility index (Phi) is 27.1. The Hall–Kier alpha value is -1.68. The van der Waals surface area contributed by atoms with E-state index in [-0.39, 0.29) is 109 Å². The van der Waals surface area contributed by atoms with E-state index in [2.05, 4.69) is 0 Å². The maximum atomic E-state index is 10.1. The number of carbonyl (C=O) groups excluding carboxylic acids is 4. The van der Waals surface area contributed by atoms with Crippen LogP contribution in [0.1, 0.15) is 0 Å². The Bertz CT molecular complexity index is 1750. The van der Waals surface area contributed by atoms with E-state index in [0.29, 0.717) is 0 Å². The van der Waals surface area contributed by atoms with E-state index in [9.17, 15) is 39.6 Å². The normalized spacial score (nSPS) is 9.75. The van der Waals surface area contributed by atoms with E-state index >= 15 is 0 Å². The molecule has 0 saturated heterocycles. The molecule has 0 saturated carbocycles. The van der Waals surface area contributed by atoms with Crippen molar-refractivity contribution in [2.24, 2.45) is 0 Å². The Morgan fingerprint density at radius 3 is 0.596 bits per heavy atom. The third-order valence-corrected chi connectivity index (χ3v) is 9.35. The van der Waals surface area contributed by atoms with E-state index in [1.54, 1.807) is 0 Å². The second-order valence-corrected chi connectivity index (χ2v) is 14.3. The zero-order valence-electron chi connectivity index (χ0n) is 27.4. The zero-order chi connectivity index (χ0) is 42.9. The molecule has 304 valence electrons. The maximum absolute atomic E-state index is 10.1. The number of carboxylic acid groups (broad SMARTS) is 4. The molecule has 0 heterocycles. The predicted molar refractivity (Wildman–Crippen MR) is 208 cm³/mol. The molecule has 25 heteroatoms. The number of benzene rings is 4. The Labute approximate surface area is 402 Å². The summed E-state index contributed by atoms with van der Waals surface area (Å²) >= 11 is 68.1. The molecule has 0 radical (unpaired) electrons. The molecule has 0 unspecified atom stereocenters. The van der Waals surface area contributed by atoms with Crippen molar-refractivity contribution in [3.05, 3.63) is 109 Å². The Morgan fingerprint density at radius 1 is 0.316 bits per heavy atom. The SMILES string of the molecule is O=C([O-])COc1cc(Cl)c(Cl)cc1Cl.O=C([O-])COc1cc(Cl)c(Cl)cc1Cl.O=C([O-])COc1cc(Cl)c(Cl)cc1Cl.O=C([O-])COc1cc(Cl)c(Cl)cc1Cl.[Zr+4]. The molecule has 0 bridgehead atoms. The third-order valence-electron chi connectivity index (χ3n) is 5.28. The van der Waals surface area contributed by atoms with Crippen molar-refractivity contribution in [3.8, 4) is 23.0 Å². The number of hydrogen-bond donors (Lipinski definition) is 0. The number of hydrogen-bond acceptors (Lipinski definition) is 12. The van der Waals surface area contributed by atoms with E-state index in [1.807, 2.05) is 0 Å². The number of aliphatic carboxylic acids is 4. The molecule has 57 heavy (non-hydrogen) atoms. The molecule has 4 aromatic rings. The van der Waals surface area contributed by atoms with Gasteiger partial charge in [-0.3, -0.25) is 0 Å². The zero-order valence-corrected chi connectivity index (χ0v) is 38.9. The van der Waals surface area contributed by atoms with E-state index in [4.69, 9.17) is 158 Å². The second-order valence-electron chi connectivity index (χ2n) is 9.43. The first-order valence-corrected chi connectivity index (χ1v) is 18.4. The molecule has 4 aromatic carbocycles. The molecule has 0 spiro atoms. The first kappa shape index (κ1) is 55.3. The summed E-state index contributed by atoms with van der Waals surface area (Å²) in [5.41, 5.74) is 0. The first-order valence-electron chi connectivity index (χ1n) is 13.9.